The van der Waals surface area contributed by atoms with Crippen LogP contribution in [0.4, 0.5) is 0 Å². The van der Waals surface area contributed by atoms with Gasteiger partial charge in [0.15, 0.2) is 0 Å². The number of rotatable bonds is 6. The second-order valence-corrected chi connectivity index (χ2v) is 6.24. The van der Waals surface area contributed by atoms with Crippen LogP contribution in [0.25, 0.3) is 0 Å². The predicted octanol–water partition coefficient (Wildman–Crippen LogP) is 1.69. The lowest BCUT2D eigenvalue weighted by atomic mass is 9.97. The number of carbonyl (C=O) groups is 1. The van der Waals surface area contributed by atoms with Gasteiger partial charge < -0.3 is 20.3 Å². The summed E-state index contributed by atoms with van der Waals surface area (Å²) in [5.74, 6) is 1.46. The van der Waals surface area contributed by atoms with E-state index in [2.05, 4.69) is 28.5 Å². The van der Waals surface area contributed by atoms with Gasteiger partial charge in [-0.2, -0.15) is 0 Å². The Labute approximate surface area is 145 Å². The fraction of sp³-hybridized carbons (Fsp3) is 0.588. The number of nitrogens with zero attached hydrogens (tertiary/aromatic N) is 1. The molecule has 0 radical (unpaired) electrons. The molecule has 1 aromatic rings. The first-order valence-electron chi connectivity index (χ1n) is 7.81. The molecule has 1 aliphatic rings. The first-order valence-corrected chi connectivity index (χ1v) is 7.81. The lowest BCUT2D eigenvalue weighted by Crippen LogP contribution is -2.39. The van der Waals surface area contributed by atoms with Gasteiger partial charge in [-0.15, -0.1) is 12.4 Å². The fourth-order valence-electron chi connectivity index (χ4n) is 2.94. The lowest BCUT2D eigenvalue weighted by molar-refractivity contribution is -0.125. The molecular weight excluding hydrogens is 314 g/mol. The molecule has 0 spiro atoms. The van der Waals surface area contributed by atoms with Gasteiger partial charge in [-0.1, -0.05) is 19.1 Å². The van der Waals surface area contributed by atoms with Gasteiger partial charge in [0.05, 0.1) is 19.1 Å². The van der Waals surface area contributed by atoms with Gasteiger partial charge in [0, 0.05) is 13.1 Å². The van der Waals surface area contributed by atoms with E-state index in [-0.39, 0.29) is 30.3 Å². The van der Waals surface area contributed by atoms with Gasteiger partial charge in [0.25, 0.3) is 0 Å². The van der Waals surface area contributed by atoms with Crippen LogP contribution in [0.3, 0.4) is 0 Å². The maximum Gasteiger partial charge on any atom is 0.224 e. The highest BCUT2D eigenvalue weighted by Gasteiger charge is 2.29. The van der Waals surface area contributed by atoms with Crippen LogP contribution in [0.1, 0.15) is 18.5 Å². The van der Waals surface area contributed by atoms with Crippen LogP contribution in [-0.4, -0.2) is 51.6 Å². The fourth-order valence-corrected chi connectivity index (χ4v) is 2.94. The van der Waals surface area contributed by atoms with Crippen molar-refractivity contribution in [3.63, 3.8) is 0 Å². The lowest BCUT2D eigenvalue weighted by Gasteiger charge is -2.26. The minimum atomic E-state index is 0. The Kier molecular flexibility index (Phi) is 7.82. The summed E-state index contributed by atoms with van der Waals surface area (Å²) in [6, 6.07) is 8.13. The number of amides is 1. The van der Waals surface area contributed by atoms with Crippen LogP contribution >= 0.6 is 12.4 Å². The van der Waals surface area contributed by atoms with E-state index in [0.717, 1.165) is 24.4 Å². The van der Waals surface area contributed by atoms with E-state index in [1.165, 1.54) is 0 Å². The number of benzene rings is 1. The summed E-state index contributed by atoms with van der Waals surface area (Å²) in [6.07, 6.45) is 0. The van der Waals surface area contributed by atoms with Gasteiger partial charge in [-0.25, -0.2) is 0 Å². The van der Waals surface area contributed by atoms with E-state index < -0.39 is 0 Å². The normalized spacial score (nSPS) is 21.6. The summed E-state index contributed by atoms with van der Waals surface area (Å²) in [5.41, 5.74) is 1.14. The zero-order chi connectivity index (χ0) is 16.1. The number of methoxy groups -OCH3 is 1. The summed E-state index contributed by atoms with van der Waals surface area (Å²) in [5, 5.41) is 6.38. The van der Waals surface area contributed by atoms with Crippen molar-refractivity contribution in [1.29, 1.82) is 0 Å². The highest BCUT2D eigenvalue weighted by Crippen LogP contribution is 2.22. The third-order valence-electron chi connectivity index (χ3n) is 4.43. The van der Waals surface area contributed by atoms with E-state index >= 15 is 0 Å². The Morgan fingerprint density at radius 3 is 2.74 bits per heavy atom. The highest BCUT2D eigenvalue weighted by molar-refractivity contribution is 5.85. The molecule has 5 nitrogen and oxygen atoms in total. The second-order valence-electron chi connectivity index (χ2n) is 6.24. The van der Waals surface area contributed by atoms with E-state index in [0.29, 0.717) is 12.5 Å². The van der Waals surface area contributed by atoms with Crippen LogP contribution in [0, 0.1) is 11.8 Å². The van der Waals surface area contributed by atoms with Crippen molar-refractivity contribution in [3.05, 3.63) is 29.8 Å². The molecule has 1 fully saturated rings. The summed E-state index contributed by atoms with van der Waals surface area (Å²) in [4.78, 5) is 14.5. The average Bonchev–Trinajstić information content (AvgIpc) is 2.93. The minimum absolute atomic E-state index is 0. The van der Waals surface area contributed by atoms with Crippen LogP contribution < -0.4 is 15.4 Å². The average molecular weight is 342 g/mol. The number of likely N-dealkylation sites (N-methyl/N-ethyl adjacent to an activating group) is 1. The molecule has 130 valence electrons. The van der Waals surface area contributed by atoms with Gasteiger partial charge in [0.1, 0.15) is 5.75 Å². The number of halogens is 1. The van der Waals surface area contributed by atoms with Crippen molar-refractivity contribution in [2.45, 2.75) is 13.0 Å². The molecule has 0 saturated carbocycles. The molecule has 1 aliphatic heterocycles. The summed E-state index contributed by atoms with van der Waals surface area (Å²) in [7, 11) is 5.71. The molecule has 2 rings (SSSR count). The Morgan fingerprint density at radius 1 is 1.43 bits per heavy atom. The molecule has 1 saturated heterocycles. The molecule has 0 aliphatic carbocycles. The third kappa shape index (κ3) is 5.09. The number of hydrogen-bond acceptors (Lipinski definition) is 4. The minimum Gasteiger partial charge on any atom is -0.497 e. The topological polar surface area (TPSA) is 53.6 Å². The van der Waals surface area contributed by atoms with Crippen LogP contribution in [0.2, 0.25) is 0 Å². The van der Waals surface area contributed by atoms with Crippen LogP contribution in [-0.2, 0) is 4.79 Å². The van der Waals surface area contributed by atoms with Gasteiger partial charge >= 0.3 is 0 Å². The summed E-state index contributed by atoms with van der Waals surface area (Å²) < 4.78 is 5.29. The first-order chi connectivity index (χ1) is 10.5. The maximum absolute atomic E-state index is 12.3. The SMILES string of the molecule is COc1cccc(C(CNC(=O)[C@@H]2CNC[C@H]2C)N(C)C)c1.Cl. The van der Waals surface area contributed by atoms with E-state index in [9.17, 15) is 4.79 Å². The zero-order valence-electron chi connectivity index (χ0n) is 14.3. The molecular formula is C17H28ClN3O2. The van der Waals surface area contributed by atoms with Crippen molar-refractivity contribution in [3.8, 4) is 5.75 Å². The Bertz CT molecular complexity index is 510. The largest absolute Gasteiger partial charge is 0.497 e. The van der Waals surface area contributed by atoms with Crippen molar-refractivity contribution in [1.82, 2.24) is 15.5 Å². The highest BCUT2D eigenvalue weighted by atomic mass is 35.5. The van der Waals surface area contributed by atoms with Crippen molar-refractivity contribution in [2.24, 2.45) is 11.8 Å². The number of ether oxygens (including phenoxy) is 1. The molecule has 3 atom stereocenters. The molecule has 23 heavy (non-hydrogen) atoms. The van der Waals surface area contributed by atoms with Crippen molar-refractivity contribution < 1.29 is 9.53 Å². The quantitative estimate of drug-likeness (QED) is 0.827. The summed E-state index contributed by atoms with van der Waals surface area (Å²) in [6.45, 7) is 4.42. The number of carbonyl (C=O) groups excluding carboxylic acids is 1. The Hall–Kier alpha value is -1.30. The van der Waals surface area contributed by atoms with Gasteiger partial charge in [0.2, 0.25) is 5.91 Å². The monoisotopic (exact) mass is 341 g/mol. The first kappa shape index (κ1) is 19.7. The molecule has 1 heterocycles. The molecule has 2 N–H and O–H groups in total. The van der Waals surface area contributed by atoms with E-state index in [1.54, 1.807) is 7.11 Å². The molecule has 1 unspecified atom stereocenters. The maximum atomic E-state index is 12.3. The Balaban J connectivity index is 0.00000264. The third-order valence-corrected chi connectivity index (χ3v) is 4.43. The molecule has 1 aromatic carbocycles. The van der Waals surface area contributed by atoms with Crippen molar-refractivity contribution in [2.75, 3.05) is 40.8 Å². The second kappa shape index (κ2) is 9.11. The molecule has 1 amide bonds. The number of hydrogen-bond donors (Lipinski definition) is 2. The van der Waals surface area contributed by atoms with E-state index in [1.807, 2.05) is 32.3 Å². The molecule has 0 aromatic heterocycles. The van der Waals surface area contributed by atoms with Gasteiger partial charge in [-0.05, 0) is 44.3 Å². The van der Waals surface area contributed by atoms with Crippen LogP contribution in [0.5, 0.6) is 5.75 Å². The smallest absolute Gasteiger partial charge is 0.224 e. The summed E-state index contributed by atoms with van der Waals surface area (Å²) >= 11 is 0. The Morgan fingerprint density at radius 2 is 2.17 bits per heavy atom. The van der Waals surface area contributed by atoms with Crippen molar-refractivity contribution >= 4 is 18.3 Å². The standard InChI is InChI=1S/C17H27N3O2.ClH/c1-12-9-18-10-15(12)17(21)19-11-16(20(2)3)13-6-5-7-14(8-13)22-4;/h5-8,12,15-16,18H,9-11H2,1-4H3,(H,19,21);1H/t12-,15-,16?;/m1./s1. The van der Waals surface area contributed by atoms with Gasteiger partial charge in [-0.3, -0.25) is 4.79 Å². The number of nitrogens with one attached hydrogen (secondary N) is 2. The molecule has 0 bridgehead atoms. The molecule has 6 heteroatoms. The predicted molar refractivity (Wildman–Crippen MR) is 95.2 cm³/mol. The zero-order valence-corrected chi connectivity index (χ0v) is 15.2. The van der Waals surface area contributed by atoms with Crippen LogP contribution in [0.15, 0.2) is 24.3 Å². The van der Waals surface area contributed by atoms with E-state index in [4.69, 9.17) is 4.74 Å².